The first-order valence-electron chi connectivity index (χ1n) is 7.23. The maximum atomic E-state index is 12.1. The second-order valence-corrected chi connectivity index (χ2v) is 6.39. The lowest BCUT2D eigenvalue weighted by molar-refractivity contribution is 0.489. The number of nitrogens with zero attached hydrogens (tertiary/aromatic N) is 2. The monoisotopic (exact) mass is 317 g/mol. The highest BCUT2D eigenvalue weighted by Gasteiger charge is 2.13. The van der Waals surface area contributed by atoms with Gasteiger partial charge in [0, 0.05) is 35.3 Å². The second kappa shape index (κ2) is 5.70. The summed E-state index contributed by atoms with van der Waals surface area (Å²) in [6.45, 7) is 8.45. The minimum atomic E-state index is -0.0245. The van der Waals surface area contributed by atoms with Gasteiger partial charge in [0.1, 0.15) is 11.5 Å². The Morgan fingerprint density at radius 1 is 1.36 bits per heavy atom. The number of thiazole rings is 1. The molecule has 0 aromatic carbocycles. The molecule has 3 aromatic heterocycles. The van der Waals surface area contributed by atoms with Crippen molar-refractivity contribution in [3.05, 3.63) is 56.3 Å². The number of rotatable bonds is 4. The summed E-state index contributed by atoms with van der Waals surface area (Å²) in [6.07, 6.45) is 0. The van der Waals surface area contributed by atoms with E-state index in [0.717, 1.165) is 33.4 Å². The molecule has 5 nitrogen and oxygen atoms in total. The highest BCUT2D eigenvalue weighted by Crippen LogP contribution is 2.21. The minimum Gasteiger partial charge on any atom is -0.466 e. The van der Waals surface area contributed by atoms with Crippen molar-refractivity contribution >= 4 is 16.3 Å². The van der Waals surface area contributed by atoms with Crippen LogP contribution in [0.4, 0.5) is 0 Å². The van der Waals surface area contributed by atoms with Gasteiger partial charge in [-0.05, 0) is 33.8 Å². The summed E-state index contributed by atoms with van der Waals surface area (Å²) in [4.78, 5) is 17.4. The average Bonchev–Trinajstić information content (AvgIpc) is 2.99. The van der Waals surface area contributed by atoms with Crippen LogP contribution in [-0.2, 0) is 6.54 Å². The first-order valence-corrected chi connectivity index (χ1v) is 8.11. The van der Waals surface area contributed by atoms with Crippen LogP contribution in [0.3, 0.4) is 0 Å². The van der Waals surface area contributed by atoms with Gasteiger partial charge in [0.05, 0.1) is 5.69 Å². The number of aromatic nitrogens is 2. The van der Waals surface area contributed by atoms with E-state index < -0.39 is 0 Å². The summed E-state index contributed by atoms with van der Waals surface area (Å²) < 4.78 is 7.20. The molecule has 0 spiro atoms. The van der Waals surface area contributed by atoms with E-state index in [1.165, 1.54) is 11.3 Å². The van der Waals surface area contributed by atoms with Gasteiger partial charge in [-0.2, -0.15) is 0 Å². The summed E-state index contributed by atoms with van der Waals surface area (Å²) >= 11 is 1.49. The Kier molecular flexibility index (Phi) is 3.88. The van der Waals surface area contributed by atoms with Gasteiger partial charge in [0.2, 0.25) is 0 Å². The molecule has 0 saturated carbocycles. The summed E-state index contributed by atoms with van der Waals surface area (Å²) in [5.41, 5.74) is 2.80. The maximum Gasteiger partial charge on any atom is 0.259 e. The van der Waals surface area contributed by atoms with Crippen molar-refractivity contribution in [1.29, 1.82) is 0 Å². The molecule has 0 unspecified atom stereocenters. The van der Waals surface area contributed by atoms with Gasteiger partial charge < -0.3 is 9.73 Å². The SMILES string of the molecule is Cc1cc([C@@H](C)NCc2cc(=O)n3c(C)csc3n2)c(C)o1. The first kappa shape index (κ1) is 15.0. The normalized spacial score (nSPS) is 12.9. The Balaban J connectivity index is 1.79. The van der Waals surface area contributed by atoms with Crippen LogP contribution in [0.2, 0.25) is 0 Å². The highest BCUT2D eigenvalue weighted by molar-refractivity contribution is 7.15. The van der Waals surface area contributed by atoms with Crippen LogP contribution in [0.5, 0.6) is 0 Å². The highest BCUT2D eigenvalue weighted by atomic mass is 32.1. The fourth-order valence-electron chi connectivity index (χ4n) is 2.64. The third-order valence-corrected chi connectivity index (χ3v) is 4.71. The first-order chi connectivity index (χ1) is 10.5. The number of hydrogen-bond donors (Lipinski definition) is 1. The van der Waals surface area contributed by atoms with Crippen LogP contribution in [-0.4, -0.2) is 9.38 Å². The van der Waals surface area contributed by atoms with Gasteiger partial charge >= 0.3 is 0 Å². The Hall–Kier alpha value is -1.92. The molecule has 116 valence electrons. The van der Waals surface area contributed by atoms with Crippen molar-refractivity contribution in [2.45, 2.75) is 40.3 Å². The third kappa shape index (κ3) is 2.71. The molecule has 0 bridgehead atoms. The number of fused-ring (bicyclic) bond motifs is 1. The lowest BCUT2D eigenvalue weighted by Crippen LogP contribution is -2.22. The fraction of sp³-hybridized carbons (Fsp3) is 0.375. The number of furan rings is 1. The number of nitrogens with one attached hydrogen (secondary N) is 1. The summed E-state index contributed by atoms with van der Waals surface area (Å²) in [5.74, 6) is 1.84. The van der Waals surface area contributed by atoms with E-state index in [-0.39, 0.29) is 11.6 Å². The second-order valence-electron chi connectivity index (χ2n) is 5.55. The minimum absolute atomic E-state index is 0.0245. The molecule has 22 heavy (non-hydrogen) atoms. The van der Waals surface area contributed by atoms with Crippen molar-refractivity contribution in [1.82, 2.24) is 14.7 Å². The van der Waals surface area contributed by atoms with Crippen LogP contribution in [0, 0.1) is 20.8 Å². The van der Waals surface area contributed by atoms with E-state index in [4.69, 9.17) is 4.42 Å². The predicted octanol–water partition coefficient (Wildman–Crippen LogP) is 3.13. The molecule has 0 aliphatic heterocycles. The van der Waals surface area contributed by atoms with Gasteiger partial charge in [-0.1, -0.05) is 0 Å². The largest absolute Gasteiger partial charge is 0.466 e. The van der Waals surface area contributed by atoms with Crippen LogP contribution in [0.15, 0.2) is 26.7 Å². The average molecular weight is 317 g/mol. The molecule has 1 atom stereocenters. The van der Waals surface area contributed by atoms with Gasteiger partial charge in [-0.3, -0.25) is 9.20 Å². The lowest BCUT2D eigenvalue weighted by Gasteiger charge is -2.12. The summed E-state index contributed by atoms with van der Waals surface area (Å²) in [5, 5.41) is 5.35. The Bertz CT molecular complexity index is 875. The summed E-state index contributed by atoms with van der Waals surface area (Å²) in [6, 6.07) is 3.78. The molecule has 1 N–H and O–H groups in total. The van der Waals surface area contributed by atoms with Gasteiger partial charge in [0.25, 0.3) is 5.56 Å². The standard InChI is InChI=1S/C16H19N3O2S/c1-9-8-22-16-18-13(6-15(20)19(9)16)7-17-11(3)14-5-10(2)21-12(14)4/h5-6,8,11,17H,7H2,1-4H3/t11-/m1/s1. The molecular weight excluding hydrogens is 298 g/mol. The lowest BCUT2D eigenvalue weighted by atomic mass is 10.1. The van der Waals surface area contributed by atoms with Crippen LogP contribution in [0.1, 0.15) is 41.4 Å². The number of aryl methyl sites for hydroxylation is 3. The van der Waals surface area contributed by atoms with Crippen molar-refractivity contribution in [3.63, 3.8) is 0 Å². The van der Waals surface area contributed by atoms with E-state index in [0.29, 0.717) is 6.54 Å². The molecule has 0 fully saturated rings. The topological polar surface area (TPSA) is 59.5 Å². The zero-order valence-electron chi connectivity index (χ0n) is 13.1. The maximum absolute atomic E-state index is 12.1. The van der Waals surface area contributed by atoms with Crippen molar-refractivity contribution < 1.29 is 4.42 Å². The third-order valence-electron chi connectivity index (χ3n) is 3.76. The van der Waals surface area contributed by atoms with Crippen molar-refractivity contribution in [2.75, 3.05) is 0 Å². The number of hydrogen-bond acceptors (Lipinski definition) is 5. The quantitative estimate of drug-likeness (QED) is 0.803. The van der Waals surface area contributed by atoms with Gasteiger partial charge in [-0.25, -0.2) is 4.98 Å². The van der Waals surface area contributed by atoms with E-state index in [1.807, 2.05) is 32.2 Å². The van der Waals surface area contributed by atoms with Crippen LogP contribution < -0.4 is 10.9 Å². The Morgan fingerprint density at radius 2 is 2.14 bits per heavy atom. The molecule has 0 aliphatic carbocycles. The molecule has 6 heteroatoms. The molecule has 0 saturated heterocycles. The van der Waals surface area contributed by atoms with Gasteiger partial charge in [-0.15, -0.1) is 11.3 Å². The van der Waals surface area contributed by atoms with E-state index in [2.05, 4.69) is 17.2 Å². The Morgan fingerprint density at radius 3 is 2.82 bits per heavy atom. The van der Waals surface area contributed by atoms with E-state index >= 15 is 0 Å². The zero-order valence-corrected chi connectivity index (χ0v) is 14.0. The summed E-state index contributed by atoms with van der Waals surface area (Å²) in [7, 11) is 0. The zero-order chi connectivity index (χ0) is 15.9. The molecule has 0 amide bonds. The van der Waals surface area contributed by atoms with Gasteiger partial charge in [0.15, 0.2) is 4.96 Å². The molecule has 3 aromatic rings. The van der Waals surface area contributed by atoms with Crippen LogP contribution in [0.25, 0.3) is 4.96 Å². The molecule has 0 aliphatic rings. The molecule has 3 heterocycles. The molecular formula is C16H19N3O2S. The van der Waals surface area contributed by atoms with E-state index in [1.54, 1.807) is 10.5 Å². The fourth-order valence-corrected chi connectivity index (χ4v) is 3.53. The predicted molar refractivity (Wildman–Crippen MR) is 87.5 cm³/mol. The Labute approximate surface area is 132 Å². The smallest absolute Gasteiger partial charge is 0.259 e. The van der Waals surface area contributed by atoms with Crippen molar-refractivity contribution in [2.24, 2.45) is 0 Å². The molecule has 3 rings (SSSR count). The van der Waals surface area contributed by atoms with E-state index in [9.17, 15) is 4.79 Å². The molecule has 0 radical (unpaired) electrons. The van der Waals surface area contributed by atoms with Crippen LogP contribution >= 0.6 is 11.3 Å². The van der Waals surface area contributed by atoms with Crippen molar-refractivity contribution in [3.8, 4) is 0 Å².